The highest BCUT2D eigenvalue weighted by molar-refractivity contribution is 5.11. The van der Waals surface area contributed by atoms with Gasteiger partial charge in [0, 0.05) is 24.5 Å². The Bertz CT molecular complexity index is 654. The molecule has 0 amide bonds. The summed E-state index contributed by atoms with van der Waals surface area (Å²) in [6, 6.07) is 1.07. The molecule has 0 fully saturated rings. The Hall–Kier alpha value is -2.85. The predicted molar refractivity (Wildman–Crippen MR) is 59.7 cm³/mol. The summed E-state index contributed by atoms with van der Waals surface area (Å²) < 4.78 is 50.3. The van der Waals surface area contributed by atoms with E-state index in [4.69, 9.17) is 0 Å². The van der Waals surface area contributed by atoms with Gasteiger partial charge in [-0.25, -0.2) is 9.97 Å². The quantitative estimate of drug-likeness (QED) is 0.790. The van der Waals surface area contributed by atoms with Crippen LogP contribution >= 0.6 is 0 Å². The summed E-state index contributed by atoms with van der Waals surface area (Å²) in [5, 5.41) is 0. The molecule has 0 saturated heterocycles. The standard InChI is InChI=1S/C10H7F3N4O4/c11-7(12)20-10-15-4-2-6(17-10)19-8(13)21-9-14-3-1-5(18)16-9/h1-4,7-8H,(H,14,16,18). The molecule has 0 bridgehead atoms. The highest BCUT2D eigenvalue weighted by Crippen LogP contribution is 2.15. The largest absolute Gasteiger partial charge is 0.411 e. The number of nitrogens with zero attached hydrogens (tertiary/aromatic N) is 3. The summed E-state index contributed by atoms with van der Waals surface area (Å²) in [4.78, 5) is 23.3. The van der Waals surface area contributed by atoms with Gasteiger partial charge in [0.05, 0.1) is 0 Å². The number of H-pyrrole nitrogens is 1. The normalized spacial score (nSPS) is 12.0. The summed E-state index contributed by atoms with van der Waals surface area (Å²) in [6.45, 7) is -5.51. The summed E-state index contributed by atoms with van der Waals surface area (Å²) >= 11 is 0. The maximum absolute atomic E-state index is 13.4. The van der Waals surface area contributed by atoms with E-state index in [0.717, 1.165) is 24.5 Å². The molecule has 0 aromatic carbocycles. The number of hydrogen-bond acceptors (Lipinski definition) is 7. The monoisotopic (exact) mass is 304 g/mol. The van der Waals surface area contributed by atoms with Crippen molar-refractivity contribution in [3.63, 3.8) is 0 Å². The lowest BCUT2D eigenvalue weighted by atomic mass is 10.6. The van der Waals surface area contributed by atoms with Crippen molar-refractivity contribution < 1.29 is 27.4 Å². The molecule has 112 valence electrons. The maximum Gasteiger partial charge on any atom is 0.400 e. The van der Waals surface area contributed by atoms with E-state index in [1.54, 1.807) is 0 Å². The molecule has 11 heteroatoms. The molecule has 1 unspecified atom stereocenters. The molecule has 2 aromatic heterocycles. The zero-order chi connectivity index (χ0) is 15.2. The molecule has 2 heterocycles. The van der Waals surface area contributed by atoms with Crippen molar-refractivity contribution in [2.45, 2.75) is 13.2 Å². The lowest BCUT2D eigenvalue weighted by molar-refractivity contribution is -0.106. The van der Waals surface area contributed by atoms with Crippen LogP contribution in [0.1, 0.15) is 0 Å². The van der Waals surface area contributed by atoms with Crippen molar-refractivity contribution in [2.75, 3.05) is 0 Å². The van der Waals surface area contributed by atoms with Gasteiger partial charge in [-0.3, -0.25) is 9.78 Å². The van der Waals surface area contributed by atoms with Crippen LogP contribution in [0.5, 0.6) is 17.9 Å². The minimum absolute atomic E-state index is 0.411. The molecule has 0 spiro atoms. The molecular weight excluding hydrogens is 297 g/mol. The second-order valence-electron chi connectivity index (χ2n) is 3.31. The van der Waals surface area contributed by atoms with Gasteiger partial charge in [0.15, 0.2) is 0 Å². The first-order valence-electron chi connectivity index (χ1n) is 5.33. The van der Waals surface area contributed by atoms with Crippen LogP contribution < -0.4 is 19.8 Å². The zero-order valence-electron chi connectivity index (χ0n) is 10.1. The Morgan fingerprint density at radius 1 is 1.05 bits per heavy atom. The van der Waals surface area contributed by atoms with Crippen LogP contribution in [0.15, 0.2) is 29.3 Å². The van der Waals surface area contributed by atoms with E-state index in [1.807, 2.05) is 0 Å². The van der Waals surface area contributed by atoms with Gasteiger partial charge in [0.25, 0.3) is 5.56 Å². The first-order valence-corrected chi connectivity index (χ1v) is 5.33. The molecule has 8 nitrogen and oxygen atoms in total. The Morgan fingerprint density at radius 3 is 2.52 bits per heavy atom. The van der Waals surface area contributed by atoms with Crippen LogP contribution in [0.4, 0.5) is 13.2 Å². The lowest BCUT2D eigenvalue weighted by Gasteiger charge is -2.11. The second-order valence-corrected chi connectivity index (χ2v) is 3.31. The first kappa shape index (κ1) is 14.6. The summed E-state index contributed by atoms with van der Waals surface area (Å²) in [6.07, 6.45) is 2.12. The number of hydrogen-bond donors (Lipinski definition) is 1. The Morgan fingerprint density at radius 2 is 1.81 bits per heavy atom. The van der Waals surface area contributed by atoms with Crippen molar-refractivity contribution in [3.8, 4) is 17.9 Å². The van der Waals surface area contributed by atoms with E-state index < -0.39 is 36.6 Å². The van der Waals surface area contributed by atoms with Crippen molar-refractivity contribution in [3.05, 3.63) is 34.9 Å². The number of alkyl halides is 3. The Kier molecular flexibility index (Phi) is 4.53. The van der Waals surface area contributed by atoms with Crippen LogP contribution in [-0.4, -0.2) is 33.1 Å². The fourth-order valence-electron chi connectivity index (χ4n) is 1.15. The average molecular weight is 304 g/mol. The average Bonchev–Trinajstić information content (AvgIpc) is 2.37. The van der Waals surface area contributed by atoms with Gasteiger partial charge in [0.2, 0.25) is 5.88 Å². The highest BCUT2D eigenvalue weighted by atomic mass is 19.3. The van der Waals surface area contributed by atoms with Crippen LogP contribution in [-0.2, 0) is 0 Å². The molecule has 0 aliphatic heterocycles. The zero-order valence-corrected chi connectivity index (χ0v) is 10.1. The topological polar surface area (TPSA) is 99.2 Å². The molecule has 0 radical (unpaired) electrons. The summed E-state index contributed by atoms with van der Waals surface area (Å²) in [5.74, 6) is -0.411. The number of aromatic nitrogens is 4. The maximum atomic E-state index is 13.4. The number of ether oxygens (including phenoxy) is 3. The van der Waals surface area contributed by atoms with Gasteiger partial charge in [-0.1, -0.05) is 0 Å². The molecule has 0 aliphatic carbocycles. The Labute approximate surface area is 114 Å². The van der Waals surface area contributed by atoms with Crippen LogP contribution in [0.2, 0.25) is 0 Å². The third-order valence-electron chi connectivity index (χ3n) is 1.87. The van der Waals surface area contributed by atoms with Crippen LogP contribution in [0, 0.1) is 0 Å². The molecular formula is C10H7F3N4O4. The predicted octanol–water partition coefficient (Wildman–Crippen LogP) is 0.872. The van der Waals surface area contributed by atoms with Gasteiger partial charge < -0.3 is 14.2 Å². The number of rotatable bonds is 6. The highest BCUT2D eigenvalue weighted by Gasteiger charge is 2.14. The van der Waals surface area contributed by atoms with Crippen molar-refractivity contribution in [1.82, 2.24) is 19.9 Å². The van der Waals surface area contributed by atoms with E-state index in [0.29, 0.717) is 0 Å². The van der Waals surface area contributed by atoms with Gasteiger partial charge in [0.1, 0.15) is 0 Å². The first-order chi connectivity index (χ1) is 10.0. The summed E-state index contributed by atoms with van der Waals surface area (Å²) in [7, 11) is 0. The molecule has 0 saturated carbocycles. The van der Waals surface area contributed by atoms with E-state index >= 15 is 0 Å². The van der Waals surface area contributed by atoms with Gasteiger partial charge >= 0.3 is 25.2 Å². The smallest absolute Gasteiger partial charge is 0.400 e. The molecule has 21 heavy (non-hydrogen) atoms. The molecule has 0 aliphatic rings. The molecule has 1 N–H and O–H groups in total. The number of halogens is 3. The SMILES string of the molecule is O=c1ccnc(OC(F)Oc2ccnc(OC(F)F)n2)[nH]1. The third-order valence-corrected chi connectivity index (χ3v) is 1.87. The number of aromatic amines is 1. The van der Waals surface area contributed by atoms with Crippen LogP contribution in [0.3, 0.4) is 0 Å². The van der Waals surface area contributed by atoms with Crippen molar-refractivity contribution >= 4 is 0 Å². The summed E-state index contributed by atoms with van der Waals surface area (Å²) in [5.41, 5.74) is -0.554. The number of nitrogens with one attached hydrogen (secondary N) is 1. The second kappa shape index (κ2) is 6.54. The van der Waals surface area contributed by atoms with E-state index in [2.05, 4.69) is 34.1 Å². The molecule has 1 atom stereocenters. The van der Waals surface area contributed by atoms with Gasteiger partial charge in [-0.05, 0) is 0 Å². The van der Waals surface area contributed by atoms with E-state index in [1.165, 1.54) is 0 Å². The lowest BCUT2D eigenvalue weighted by Crippen LogP contribution is -2.21. The van der Waals surface area contributed by atoms with E-state index in [9.17, 15) is 18.0 Å². The molecule has 2 aromatic rings. The third kappa shape index (κ3) is 4.63. The van der Waals surface area contributed by atoms with Gasteiger partial charge in [-0.15, -0.1) is 0 Å². The fraction of sp³-hybridized carbons (Fsp3) is 0.200. The van der Waals surface area contributed by atoms with Crippen molar-refractivity contribution in [2.24, 2.45) is 0 Å². The van der Waals surface area contributed by atoms with Gasteiger partial charge in [-0.2, -0.15) is 18.2 Å². The fourth-order valence-corrected chi connectivity index (χ4v) is 1.15. The minimum Gasteiger partial charge on any atom is -0.411 e. The van der Waals surface area contributed by atoms with E-state index in [-0.39, 0.29) is 0 Å². The minimum atomic E-state index is -3.13. The van der Waals surface area contributed by atoms with Crippen molar-refractivity contribution in [1.29, 1.82) is 0 Å². The molecule has 2 rings (SSSR count). The van der Waals surface area contributed by atoms with Crippen LogP contribution in [0.25, 0.3) is 0 Å². The Balaban J connectivity index is 1.99.